The second-order valence-corrected chi connectivity index (χ2v) is 5.31. The number of rotatable bonds is 7. The van der Waals surface area contributed by atoms with Crippen molar-refractivity contribution in [2.24, 2.45) is 0 Å². The van der Waals surface area contributed by atoms with E-state index in [2.05, 4.69) is 20.8 Å². The van der Waals surface area contributed by atoms with Crippen molar-refractivity contribution in [2.75, 3.05) is 6.54 Å². The van der Waals surface area contributed by atoms with Crippen LogP contribution >= 0.6 is 0 Å². The van der Waals surface area contributed by atoms with Crippen LogP contribution in [0.1, 0.15) is 23.4 Å². The Hall–Kier alpha value is -2.67. The molecule has 1 N–H and O–H groups in total. The SMILES string of the molecule is FC(F)c1ccc(CNCCc2nnnn2-c2ccccc2)cc1. The van der Waals surface area contributed by atoms with Crippen LogP contribution < -0.4 is 5.32 Å². The third-order valence-electron chi connectivity index (χ3n) is 3.62. The van der Waals surface area contributed by atoms with E-state index in [9.17, 15) is 8.78 Å². The van der Waals surface area contributed by atoms with Gasteiger partial charge in [-0.3, -0.25) is 0 Å². The van der Waals surface area contributed by atoms with Gasteiger partial charge in [-0.15, -0.1) is 5.10 Å². The van der Waals surface area contributed by atoms with E-state index in [1.807, 2.05) is 30.3 Å². The molecule has 0 amide bonds. The lowest BCUT2D eigenvalue weighted by molar-refractivity contribution is 0.151. The van der Waals surface area contributed by atoms with Crippen LogP contribution in [0.5, 0.6) is 0 Å². The van der Waals surface area contributed by atoms with Crippen molar-refractivity contribution in [1.29, 1.82) is 0 Å². The van der Waals surface area contributed by atoms with Gasteiger partial charge in [-0.25, -0.2) is 8.78 Å². The molecule has 1 aromatic heterocycles. The van der Waals surface area contributed by atoms with Crippen LogP contribution in [0.2, 0.25) is 0 Å². The number of alkyl halides is 2. The van der Waals surface area contributed by atoms with Gasteiger partial charge in [0.15, 0.2) is 5.82 Å². The Bertz CT molecular complexity index is 756. The first-order valence-corrected chi connectivity index (χ1v) is 7.64. The number of tetrazole rings is 1. The summed E-state index contributed by atoms with van der Waals surface area (Å²) in [4.78, 5) is 0. The molecule has 0 saturated carbocycles. The first-order chi connectivity index (χ1) is 11.7. The lowest BCUT2D eigenvalue weighted by atomic mass is 10.1. The molecular formula is C17H17F2N5. The Balaban J connectivity index is 1.52. The first-order valence-electron chi connectivity index (χ1n) is 7.64. The molecule has 3 rings (SSSR count). The van der Waals surface area contributed by atoms with E-state index in [0.717, 1.165) is 17.1 Å². The van der Waals surface area contributed by atoms with Gasteiger partial charge in [0, 0.05) is 25.1 Å². The molecule has 0 aliphatic carbocycles. The van der Waals surface area contributed by atoms with E-state index < -0.39 is 6.43 Å². The van der Waals surface area contributed by atoms with E-state index in [1.54, 1.807) is 16.8 Å². The summed E-state index contributed by atoms with van der Waals surface area (Å²) in [6, 6.07) is 16.0. The number of hydrogen-bond acceptors (Lipinski definition) is 4. The minimum atomic E-state index is -2.43. The predicted octanol–water partition coefficient (Wildman–Crippen LogP) is 2.93. The number of para-hydroxylation sites is 1. The van der Waals surface area contributed by atoms with Gasteiger partial charge in [0.25, 0.3) is 6.43 Å². The van der Waals surface area contributed by atoms with E-state index in [4.69, 9.17) is 0 Å². The highest BCUT2D eigenvalue weighted by atomic mass is 19.3. The average Bonchev–Trinajstić information content (AvgIpc) is 3.08. The standard InChI is InChI=1S/C17H17F2N5/c18-17(19)14-8-6-13(7-9-14)12-20-11-10-16-21-22-23-24(16)15-4-2-1-3-5-15/h1-9,17,20H,10-12H2. The Kier molecular flexibility index (Phi) is 5.22. The Morgan fingerprint density at radius 3 is 2.46 bits per heavy atom. The van der Waals surface area contributed by atoms with Crippen LogP contribution in [-0.2, 0) is 13.0 Å². The normalized spacial score (nSPS) is 11.1. The number of hydrogen-bond donors (Lipinski definition) is 1. The summed E-state index contributed by atoms with van der Waals surface area (Å²) in [6.07, 6.45) is -1.76. The average molecular weight is 329 g/mol. The lowest BCUT2D eigenvalue weighted by Gasteiger charge is -2.07. The minimum Gasteiger partial charge on any atom is -0.312 e. The highest BCUT2D eigenvalue weighted by Gasteiger charge is 2.08. The van der Waals surface area contributed by atoms with E-state index in [1.165, 1.54) is 12.1 Å². The molecule has 0 spiro atoms. The molecular weight excluding hydrogens is 312 g/mol. The highest BCUT2D eigenvalue weighted by molar-refractivity contribution is 5.30. The van der Waals surface area contributed by atoms with Gasteiger partial charge in [0.05, 0.1) is 5.69 Å². The van der Waals surface area contributed by atoms with Crippen LogP contribution in [-0.4, -0.2) is 26.8 Å². The zero-order chi connectivity index (χ0) is 16.8. The maximum absolute atomic E-state index is 12.5. The van der Waals surface area contributed by atoms with Gasteiger partial charge in [0.2, 0.25) is 0 Å². The molecule has 0 aliphatic rings. The van der Waals surface area contributed by atoms with Crippen molar-refractivity contribution < 1.29 is 8.78 Å². The number of nitrogens with one attached hydrogen (secondary N) is 1. The first kappa shape index (κ1) is 16.2. The molecule has 1 heterocycles. The number of nitrogens with zero attached hydrogens (tertiary/aromatic N) is 4. The Morgan fingerprint density at radius 1 is 1.00 bits per heavy atom. The topological polar surface area (TPSA) is 55.6 Å². The maximum Gasteiger partial charge on any atom is 0.263 e. The molecule has 0 aliphatic heterocycles. The summed E-state index contributed by atoms with van der Waals surface area (Å²) in [5.74, 6) is 0.766. The van der Waals surface area contributed by atoms with Gasteiger partial charge < -0.3 is 5.32 Å². The lowest BCUT2D eigenvalue weighted by Crippen LogP contribution is -2.18. The van der Waals surface area contributed by atoms with Gasteiger partial charge in [-0.05, 0) is 28.1 Å². The molecule has 5 nitrogen and oxygen atoms in total. The van der Waals surface area contributed by atoms with Crippen molar-refractivity contribution >= 4 is 0 Å². The van der Waals surface area contributed by atoms with Crippen LogP contribution in [0.25, 0.3) is 5.69 Å². The van der Waals surface area contributed by atoms with Crippen LogP contribution in [0.15, 0.2) is 54.6 Å². The van der Waals surface area contributed by atoms with Crippen LogP contribution in [0.3, 0.4) is 0 Å². The maximum atomic E-state index is 12.5. The summed E-state index contributed by atoms with van der Waals surface area (Å²) < 4.78 is 26.7. The Labute approximate surface area is 138 Å². The fourth-order valence-corrected chi connectivity index (χ4v) is 2.35. The largest absolute Gasteiger partial charge is 0.312 e. The van der Waals surface area contributed by atoms with Gasteiger partial charge in [-0.2, -0.15) is 4.68 Å². The van der Waals surface area contributed by atoms with Crippen molar-refractivity contribution in [2.45, 2.75) is 19.4 Å². The van der Waals surface area contributed by atoms with E-state index >= 15 is 0 Å². The molecule has 0 saturated heterocycles. The molecule has 3 aromatic rings. The summed E-state index contributed by atoms with van der Waals surface area (Å²) >= 11 is 0. The zero-order valence-corrected chi connectivity index (χ0v) is 12.9. The second kappa shape index (κ2) is 7.74. The van der Waals surface area contributed by atoms with Crippen molar-refractivity contribution in [3.05, 3.63) is 71.5 Å². The third kappa shape index (κ3) is 3.99. The third-order valence-corrected chi connectivity index (χ3v) is 3.62. The predicted molar refractivity (Wildman–Crippen MR) is 86.0 cm³/mol. The molecule has 124 valence electrons. The molecule has 0 radical (unpaired) electrons. The molecule has 0 bridgehead atoms. The molecule has 2 aromatic carbocycles. The van der Waals surface area contributed by atoms with E-state index in [-0.39, 0.29) is 5.56 Å². The number of benzene rings is 2. The summed E-state index contributed by atoms with van der Waals surface area (Å²) in [5.41, 5.74) is 1.92. The van der Waals surface area contributed by atoms with Gasteiger partial charge >= 0.3 is 0 Å². The zero-order valence-electron chi connectivity index (χ0n) is 12.9. The van der Waals surface area contributed by atoms with Gasteiger partial charge in [-0.1, -0.05) is 42.5 Å². The second-order valence-electron chi connectivity index (χ2n) is 5.31. The van der Waals surface area contributed by atoms with Crippen LogP contribution in [0, 0.1) is 0 Å². The summed E-state index contributed by atoms with van der Waals surface area (Å²) in [5, 5.41) is 15.0. The number of aromatic nitrogens is 4. The minimum absolute atomic E-state index is 0.0424. The Morgan fingerprint density at radius 2 is 1.75 bits per heavy atom. The van der Waals surface area contributed by atoms with Crippen LogP contribution in [0.4, 0.5) is 8.78 Å². The summed E-state index contributed by atoms with van der Waals surface area (Å²) in [7, 11) is 0. The molecule has 0 fully saturated rings. The van der Waals surface area contributed by atoms with Crippen molar-refractivity contribution in [3.8, 4) is 5.69 Å². The molecule has 7 heteroatoms. The quantitative estimate of drug-likeness (QED) is 0.677. The fraction of sp³-hybridized carbons (Fsp3) is 0.235. The number of halogens is 2. The molecule has 24 heavy (non-hydrogen) atoms. The van der Waals surface area contributed by atoms with Crippen molar-refractivity contribution in [1.82, 2.24) is 25.5 Å². The van der Waals surface area contributed by atoms with Crippen molar-refractivity contribution in [3.63, 3.8) is 0 Å². The highest BCUT2D eigenvalue weighted by Crippen LogP contribution is 2.18. The smallest absolute Gasteiger partial charge is 0.263 e. The van der Waals surface area contributed by atoms with E-state index in [0.29, 0.717) is 19.5 Å². The molecule has 0 unspecified atom stereocenters. The molecule has 0 atom stereocenters. The monoisotopic (exact) mass is 329 g/mol. The fourth-order valence-electron chi connectivity index (χ4n) is 2.35. The summed E-state index contributed by atoms with van der Waals surface area (Å²) in [6.45, 7) is 1.29. The van der Waals surface area contributed by atoms with Gasteiger partial charge in [0.1, 0.15) is 0 Å².